The number of nitrogens with one attached hydrogen (secondary N) is 1. The molecule has 0 spiro atoms. The zero-order chi connectivity index (χ0) is 15.2. The number of hydrogen-bond acceptors (Lipinski definition) is 4. The number of carbonyl (C=O) groups excluding carboxylic acids is 1. The van der Waals surface area contributed by atoms with Crippen LogP contribution in [0.1, 0.15) is 37.2 Å². The van der Waals surface area contributed by atoms with E-state index in [9.17, 15) is 9.90 Å². The van der Waals surface area contributed by atoms with Gasteiger partial charge in [-0.3, -0.25) is 9.69 Å². The molecule has 1 amide bonds. The van der Waals surface area contributed by atoms with Gasteiger partial charge in [-0.05, 0) is 26.8 Å². The summed E-state index contributed by atoms with van der Waals surface area (Å²) in [7, 11) is 2.02. The molecular weight excluding hydrogens is 268 g/mol. The number of aromatic amines is 1. The van der Waals surface area contributed by atoms with E-state index in [1.165, 1.54) is 25.7 Å². The van der Waals surface area contributed by atoms with Gasteiger partial charge in [0, 0.05) is 12.6 Å². The van der Waals surface area contributed by atoms with E-state index in [-0.39, 0.29) is 12.5 Å². The third-order valence-corrected chi connectivity index (χ3v) is 4.17. The number of likely N-dealkylation sites (N-methyl/N-ethyl adjacent to an activating group) is 1. The topological polar surface area (TPSA) is 72.5 Å². The van der Waals surface area contributed by atoms with Crippen LogP contribution in [0.15, 0.2) is 6.20 Å². The third-order valence-electron chi connectivity index (χ3n) is 4.17. The van der Waals surface area contributed by atoms with Crippen molar-refractivity contribution in [3.05, 3.63) is 17.7 Å². The Morgan fingerprint density at radius 1 is 1.48 bits per heavy atom. The Hall–Kier alpha value is -1.40. The number of amides is 1. The molecule has 2 rings (SSSR count). The molecule has 0 bridgehead atoms. The average Bonchev–Trinajstić information content (AvgIpc) is 3.09. The largest absolute Gasteiger partial charge is 0.395 e. The lowest BCUT2D eigenvalue weighted by Gasteiger charge is -2.27. The standard InChI is InChI=1S/C15H26N4O2/c1-12-16-9-13(17-12)10-19(7-8-20)15(21)11-18(2)14-5-3-4-6-14/h9,14,20H,3-8,10-11H2,1-2H3,(H,16,17). The van der Waals surface area contributed by atoms with Crippen LogP contribution >= 0.6 is 0 Å². The van der Waals surface area contributed by atoms with Crippen LogP contribution in [0.5, 0.6) is 0 Å². The molecule has 1 heterocycles. The molecule has 1 aliphatic rings. The fourth-order valence-electron chi connectivity index (χ4n) is 2.96. The maximum atomic E-state index is 12.5. The highest BCUT2D eigenvalue weighted by atomic mass is 16.3. The third kappa shape index (κ3) is 4.54. The van der Waals surface area contributed by atoms with Crippen LogP contribution < -0.4 is 0 Å². The van der Waals surface area contributed by atoms with Crippen molar-refractivity contribution in [2.75, 3.05) is 26.7 Å². The lowest BCUT2D eigenvalue weighted by atomic mass is 10.2. The van der Waals surface area contributed by atoms with E-state index < -0.39 is 0 Å². The number of hydrogen-bond donors (Lipinski definition) is 2. The van der Waals surface area contributed by atoms with E-state index in [0.29, 0.717) is 25.7 Å². The van der Waals surface area contributed by atoms with Crippen molar-refractivity contribution in [3.8, 4) is 0 Å². The second kappa shape index (κ2) is 7.56. The Morgan fingerprint density at radius 3 is 2.76 bits per heavy atom. The van der Waals surface area contributed by atoms with E-state index in [4.69, 9.17) is 0 Å². The van der Waals surface area contributed by atoms with Crippen molar-refractivity contribution in [2.45, 2.75) is 45.2 Å². The molecule has 1 aromatic heterocycles. The SMILES string of the molecule is Cc1ncc(CN(CCO)C(=O)CN(C)C2CCCC2)[nH]1. The fraction of sp³-hybridized carbons (Fsp3) is 0.733. The quantitative estimate of drug-likeness (QED) is 0.784. The number of carbonyl (C=O) groups is 1. The Labute approximate surface area is 126 Å². The number of aromatic nitrogens is 2. The van der Waals surface area contributed by atoms with Crippen molar-refractivity contribution in [2.24, 2.45) is 0 Å². The summed E-state index contributed by atoms with van der Waals surface area (Å²) < 4.78 is 0. The predicted molar refractivity (Wildman–Crippen MR) is 80.7 cm³/mol. The average molecular weight is 294 g/mol. The van der Waals surface area contributed by atoms with E-state index in [1.807, 2.05) is 14.0 Å². The van der Waals surface area contributed by atoms with Crippen molar-refractivity contribution >= 4 is 5.91 Å². The molecule has 0 aromatic carbocycles. The smallest absolute Gasteiger partial charge is 0.237 e. The van der Waals surface area contributed by atoms with E-state index >= 15 is 0 Å². The molecule has 0 radical (unpaired) electrons. The first-order chi connectivity index (χ1) is 10.1. The second-order valence-electron chi connectivity index (χ2n) is 5.89. The first-order valence-corrected chi connectivity index (χ1v) is 7.69. The molecule has 21 heavy (non-hydrogen) atoms. The summed E-state index contributed by atoms with van der Waals surface area (Å²) in [5, 5.41) is 9.18. The first-order valence-electron chi connectivity index (χ1n) is 7.69. The summed E-state index contributed by atoms with van der Waals surface area (Å²) in [6.07, 6.45) is 6.63. The van der Waals surface area contributed by atoms with Crippen LogP contribution in [0.4, 0.5) is 0 Å². The number of aliphatic hydroxyl groups excluding tert-OH is 1. The Bertz CT molecular complexity index is 454. The monoisotopic (exact) mass is 294 g/mol. The molecule has 1 aliphatic carbocycles. The lowest BCUT2D eigenvalue weighted by molar-refractivity contribution is -0.133. The first kappa shape index (κ1) is 16.0. The summed E-state index contributed by atoms with van der Waals surface area (Å²) in [6, 6.07) is 0.527. The van der Waals surface area contributed by atoms with Crippen molar-refractivity contribution in [3.63, 3.8) is 0 Å². The molecule has 2 N–H and O–H groups in total. The Morgan fingerprint density at radius 2 is 2.19 bits per heavy atom. The molecule has 0 saturated heterocycles. The van der Waals surface area contributed by atoms with E-state index in [0.717, 1.165) is 11.5 Å². The fourth-order valence-corrected chi connectivity index (χ4v) is 2.96. The van der Waals surface area contributed by atoms with E-state index in [2.05, 4.69) is 14.9 Å². The molecular formula is C15H26N4O2. The maximum absolute atomic E-state index is 12.5. The number of aryl methyl sites for hydroxylation is 1. The van der Waals surface area contributed by atoms with E-state index in [1.54, 1.807) is 11.1 Å². The molecule has 0 aliphatic heterocycles. The molecule has 1 fully saturated rings. The molecule has 118 valence electrons. The molecule has 0 atom stereocenters. The minimum absolute atomic E-state index is 0.0218. The second-order valence-corrected chi connectivity index (χ2v) is 5.89. The van der Waals surface area contributed by atoms with Crippen LogP contribution in [0.25, 0.3) is 0 Å². The van der Waals surface area contributed by atoms with Crippen molar-refractivity contribution < 1.29 is 9.90 Å². The Balaban J connectivity index is 1.91. The van der Waals surface area contributed by atoms with Gasteiger partial charge >= 0.3 is 0 Å². The van der Waals surface area contributed by atoms with Gasteiger partial charge in [-0.1, -0.05) is 12.8 Å². The Kier molecular flexibility index (Phi) is 5.76. The van der Waals surface area contributed by atoms with Crippen LogP contribution in [0.3, 0.4) is 0 Å². The van der Waals surface area contributed by atoms with Gasteiger partial charge in [-0.15, -0.1) is 0 Å². The molecule has 0 unspecified atom stereocenters. The number of imidazole rings is 1. The van der Waals surface area contributed by atoms with Crippen LogP contribution in [-0.2, 0) is 11.3 Å². The number of aliphatic hydroxyl groups is 1. The van der Waals surface area contributed by atoms with Gasteiger partial charge in [0.05, 0.1) is 31.6 Å². The van der Waals surface area contributed by atoms with Gasteiger partial charge in [-0.2, -0.15) is 0 Å². The highest BCUT2D eigenvalue weighted by Crippen LogP contribution is 2.22. The molecule has 1 saturated carbocycles. The number of H-pyrrole nitrogens is 1. The van der Waals surface area contributed by atoms with Gasteiger partial charge in [0.15, 0.2) is 0 Å². The predicted octanol–water partition coefficient (Wildman–Crippen LogP) is 0.913. The summed E-state index contributed by atoms with van der Waals surface area (Å²) in [5.41, 5.74) is 0.901. The van der Waals surface area contributed by atoms with Gasteiger partial charge in [0.25, 0.3) is 0 Å². The summed E-state index contributed by atoms with van der Waals surface area (Å²) in [6.45, 7) is 3.10. The van der Waals surface area contributed by atoms with Crippen molar-refractivity contribution in [1.82, 2.24) is 19.8 Å². The summed E-state index contributed by atoms with van der Waals surface area (Å²) in [5.74, 6) is 0.898. The van der Waals surface area contributed by atoms with Crippen LogP contribution in [0, 0.1) is 6.92 Å². The summed E-state index contributed by atoms with van der Waals surface area (Å²) in [4.78, 5) is 23.6. The molecule has 1 aromatic rings. The number of rotatable bonds is 7. The highest BCUT2D eigenvalue weighted by molar-refractivity contribution is 5.78. The molecule has 6 nitrogen and oxygen atoms in total. The van der Waals surface area contributed by atoms with Gasteiger partial charge < -0.3 is 15.0 Å². The minimum atomic E-state index is -0.0218. The lowest BCUT2D eigenvalue weighted by Crippen LogP contribution is -2.42. The minimum Gasteiger partial charge on any atom is -0.395 e. The highest BCUT2D eigenvalue weighted by Gasteiger charge is 2.23. The normalized spacial score (nSPS) is 15.8. The maximum Gasteiger partial charge on any atom is 0.237 e. The van der Waals surface area contributed by atoms with Crippen LogP contribution in [0.2, 0.25) is 0 Å². The van der Waals surface area contributed by atoms with Gasteiger partial charge in [-0.25, -0.2) is 4.98 Å². The zero-order valence-corrected chi connectivity index (χ0v) is 13.0. The summed E-state index contributed by atoms with van der Waals surface area (Å²) >= 11 is 0. The zero-order valence-electron chi connectivity index (χ0n) is 13.0. The number of nitrogens with zero attached hydrogens (tertiary/aromatic N) is 3. The van der Waals surface area contributed by atoms with Gasteiger partial charge in [0.1, 0.15) is 5.82 Å². The van der Waals surface area contributed by atoms with Gasteiger partial charge in [0.2, 0.25) is 5.91 Å². The van der Waals surface area contributed by atoms with Crippen LogP contribution in [-0.4, -0.2) is 63.6 Å². The molecule has 6 heteroatoms. The van der Waals surface area contributed by atoms with Crippen molar-refractivity contribution in [1.29, 1.82) is 0 Å².